The van der Waals surface area contributed by atoms with Crippen LogP contribution < -0.4 is 10.1 Å². The average Bonchev–Trinajstić information content (AvgIpc) is 3.08. The van der Waals surface area contributed by atoms with Crippen LogP contribution in [0.1, 0.15) is 24.0 Å². The summed E-state index contributed by atoms with van der Waals surface area (Å²) in [6.45, 7) is 4.60. The Hall–Kier alpha value is -2.18. The molecule has 3 aromatic rings. The van der Waals surface area contributed by atoms with Crippen molar-refractivity contribution < 1.29 is 9.53 Å². The molecular weight excluding hydrogens is 424 g/mol. The van der Waals surface area contributed by atoms with Gasteiger partial charge in [0.15, 0.2) is 5.13 Å². The first-order valence-electron chi connectivity index (χ1n) is 8.72. The summed E-state index contributed by atoms with van der Waals surface area (Å²) in [6.07, 6.45) is 1.06. The third-order valence-corrected chi connectivity index (χ3v) is 5.26. The molecule has 1 aromatic heterocycles. The number of thiazole rings is 1. The van der Waals surface area contributed by atoms with Gasteiger partial charge in [0.2, 0.25) is 5.91 Å². The third kappa shape index (κ3) is 5.65. The molecule has 6 heteroatoms. The van der Waals surface area contributed by atoms with E-state index in [9.17, 15) is 4.79 Å². The van der Waals surface area contributed by atoms with Gasteiger partial charge in [-0.1, -0.05) is 45.8 Å². The number of aryl methyl sites for hydroxylation is 2. The Balaban J connectivity index is 1.46. The Morgan fingerprint density at radius 3 is 2.85 bits per heavy atom. The third-order valence-electron chi connectivity index (χ3n) is 4.01. The normalized spacial score (nSPS) is 10.6. The van der Waals surface area contributed by atoms with Crippen LogP contribution in [0.5, 0.6) is 5.75 Å². The van der Waals surface area contributed by atoms with Crippen LogP contribution in [0.25, 0.3) is 11.3 Å². The summed E-state index contributed by atoms with van der Waals surface area (Å²) in [7, 11) is 0. The minimum Gasteiger partial charge on any atom is -0.493 e. The molecule has 3 rings (SSSR count). The van der Waals surface area contributed by atoms with Crippen molar-refractivity contribution >= 4 is 38.3 Å². The van der Waals surface area contributed by atoms with Crippen molar-refractivity contribution in [3.05, 3.63) is 63.4 Å². The molecule has 1 amide bonds. The number of carbonyl (C=O) groups excluding carboxylic acids is 1. The van der Waals surface area contributed by atoms with Crippen LogP contribution in [-0.2, 0) is 4.79 Å². The smallest absolute Gasteiger partial charge is 0.226 e. The molecule has 0 atom stereocenters. The van der Waals surface area contributed by atoms with Crippen molar-refractivity contribution in [2.75, 3.05) is 11.9 Å². The second-order valence-corrected chi connectivity index (χ2v) is 8.09. The van der Waals surface area contributed by atoms with Crippen molar-refractivity contribution in [1.82, 2.24) is 4.98 Å². The topological polar surface area (TPSA) is 51.2 Å². The summed E-state index contributed by atoms with van der Waals surface area (Å²) in [6, 6.07) is 14.0. The maximum atomic E-state index is 12.1. The number of nitrogens with zero attached hydrogens (tertiary/aromatic N) is 1. The van der Waals surface area contributed by atoms with Gasteiger partial charge >= 0.3 is 0 Å². The van der Waals surface area contributed by atoms with Crippen LogP contribution in [0.2, 0.25) is 0 Å². The monoisotopic (exact) mass is 444 g/mol. The van der Waals surface area contributed by atoms with Crippen LogP contribution in [0.4, 0.5) is 5.13 Å². The van der Waals surface area contributed by atoms with Gasteiger partial charge in [0.25, 0.3) is 0 Å². The number of anilines is 1. The fraction of sp³-hybridized carbons (Fsp3) is 0.238. The van der Waals surface area contributed by atoms with E-state index in [1.165, 1.54) is 16.9 Å². The standard InChI is InChI=1S/C21H21BrN2O2S/c1-14-8-9-19(15(2)11-14)26-10-4-7-20(25)24-21-23-18(13-27-21)16-5-3-6-17(22)12-16/h3,5-6,8-9,11-13H,4,7,10H2,1-2H3,(H,23,24,25). The number of benzene rings is 2. The van der Waals surface area contributed by atoms with E-state index in [1.54, 1.807) is 0 Å². The lowest BCUT2D eigenvalue weighted by atomic mass is 10.1. The van der Waals surface area contributed by atoms with Crippen molar-refractivity contribution in [3.63, 3.8) is 0 Å². The molecule has 0 unspecified atom stereocenters. The van der Waals surface area contributed by atoms with Gasteiger partial charge in [0.1, 0.15) is 5.75 Å². The first kappa shape index (κ1) is 19.6. The van der Waals surface area contributed by atoms with E-state index in [0.717, 1.165) is 27.0 Å². The highest BCUT2D eigenvalue weighted by Gasteiger charge is 2.09. The molecule has 0 aliphatic heterocycles. The summed E-state index contributed by atoms with van der Waals surface area (Å²) < 4.78 is 6.77. The molecule has 0 bridgehead atoms. The summed E-state index contributed by atoms with van der Waals surface area (Å²) in [5.41, 5.74) is 4.20. The number of nitrogens with one attached hydrogen (secondary N) is 1. The SMILES string of the molecule is Cc1ccc(OCCCC(=O)Nc2nc(-c3cccc(Br)c3)cs2)c(C)c1. The zero-order valence-corrected chi connectivity index (χ0v) is 17.7. The van der Waals surface area contributed by atoms with Gasteiger partial charge in [-0.25, -0.2) is 4.98 Å². The molecule has 4 nitrogen and oxygen atoms in total. The van der Waals surface area contributed by atoms with E-state index in [4.69, 9.17) is 4.74 Å². The summed E-state index contributed by atoms with van der Waals surface area (Å²) in [5.74, 6) is 0.828. The number of halogens is 1. The van der Waals surface area contributed by atoms with Crippen molar-refractivity contribution in [3.8, 4) is 17.0 Å². The number of carbonyl (C=O) groups is 1. The minimum atomic E-state index is -0.0469. The Bertz CT molecular complexity index is 939. The number of aromatic nitrogens is 1. The molecule has 1 N–H and O–H groups in total. The zero-order chi connectivity index (χ0) is 19.2. The highest BCUT2D eigenvalue weighted by Crippen LogP contribution is 2.27. The Morgan fingerprint density at radius 1 is 1.22 bits per heavy atom. The van der Waals surface area contributed by atoms with Gasteiger partial charge in [0.05, 0.1) is 12.3 Å². The molecule has 2 aromatic carbocycles. The van der Waals surface area contributed by atoms with Crippen molar-refractivity contribution in [2.24, 2.45) is 0 Å². The predicted molar refractivity (Wildman–Crippen MR) is 115 cm³/mol. The average molecular weight is 445 g/mol. The largest absolute Gasteiger partial charge is 0.493 e. The molecular formula is C21H21BrN2O2S. The van der Waals surface area contributed by atoms with Crippen LogP contribution in [-0.4, -0.2) is 17.5 Å². The molecule has 0 radical (unpaired) electrons. The summed E-state index contributed by atoms with van der Waals surface area (Å²) in [4.78, 5) is 16.6. The first-order chi connectivity index (χ1) is 13.0. The van der Waals surface area contributed by atoms with Gasteiger partial charge < -0.3 is 10.1 Å². The summed E-state index contributed by atoms with van der Waals surface area (Å²) >= 11 is 4.89. The second-order valence-electron chi connectivity index (χ2n) is 6.32. The second kappa shape index (κ2) is 9.15. The van der Waals surface area contributed by atoms with Gasteiger partial charge in [-0.05, 0) is 44.0 Å². The van der Waals surface area contributed by atoms with E-state index in [2.05, 4.69) is 39.2 Å². The van der Waals surface area contributed by atoms with E-state index < -0.39 is 0 Å². The van der Waals surface area contributed by atoms with Gasteiger partial charge in [-0.2, -0.15) is 0 Å². The van der Waals surface area contributed by atoms with Crippen LogP contribution in [0.15, 0.2) is 52.3 Å². The summed E-state index contributed by atoms with van der Waals surface area (Å²) in [5, 5.41) is 5.43. The van der Waals surface area contributed by atoms with E-state index in [-0.39, 0.29) is 5.91 Å². The van der Waals surface area contributed by atoms with E-state index in [0.29, 0.717) is 24.6 Å². The van der Waals surface area contributed by atoms with Crippen LogP contribution in [0.3, 0.4) is 0 Å². The first-order valence-corrected chi connectivity index (χ1v) is 10.4. The molecule has 0 saturated carbocycles. The molecule has 1 heterocycles. The number of ether oxygens (including phenoxy) is 1. The molecule has 140 valence electrons. The van der Waals surface area contributed by atoms with Crippen molar-refractivity contribution in [2.45, 2.75) is 26.7 Å². The molecule has 0 spiro atoms. The van der Waals surface area contributed by atoms with Crippen LogP contribution in [0, 0.1) is 13.8 Å². The highest BCUT2D eigenvalue weighted by atomic mass is 79.9. The van der Waals surface area contributed by atoms with Crippen LogP contribution >= 0.6 is 27.3 Å². The van der Waals surface area contributed by atoms with Gasteiger partial charge in [-0.3, -0.25) is 4.79 Å². The quantitative estimate of drug-likeness (QED) is 0.455. The van der Waals surface area contributed by atoms with Crippen molar-refractivity contribution in [1.29, 1.82) is 0 Å². The maximum Gasteiger partial charge on any atom is 0.226 e. The molecule has 0 aliphatic rings. The number of hydrogen-bond acceptors (Lipinski definition) is 4. The Morgan fingerprint density at radius 2 is 2.07 bits per heavy atom. The number of amides is 1. The lowest BCUT2D eigenvalue weighted by Crippen LogP contribution is -2.12. The molecule has 0 fully saturated rings. The van der Waals surface area contributed by atoms with E-state index in [1.807, 2.05) is 48.7 Å². The number of hydrogen-bond donors (Lipinski definition) is 1. The highest BCUT2D eigenvalue weighted by molar-refractivity contribution is 9.10. The lowest BCUT2D eigenvalue weighted by Gasteiger charge is -2.09. The Labute approximate surface area is 171 Å². The zero-order valence-electron chi connectivity index (χ0n) is 15.3. The van der Waals surface area contributed by atoms with Gasteiger partial charge in [-0.15, -0.1) is 11.3 Å². The number of rotatable bonds is 7. The fourth-order valence-electron chi connectivity index (χ4n) is 2.67. The molecule has 27 heavy (non-hydrogen) atoms. The molecule has 0 saturated heterocycles. The minimum absolute atomic E-state index is 0.0469. The maximum absolute atomic E-state index is 12.1. The predicted octanol–water partition coefficient (Wildman–Crippen LogP) is 5.99. The van der Waals surface area contributed by atoms with Gasteiger partial charge in [0, 0.05) is 21.8 Å². The molecule has 0 aliphatic carbocycles. The fourth-order valence-corrected chi connectivity index (χ4v) is 3.80. The Kier molecular flexibility index (Phi) is 6.63. The lowest BCUT2D eigenvalue weighted by molar-refractivity contribution is -0.116. The van der Waals surface area contributed by atoms with E-state index >= 15 is 0 Å².